The number of para-hydroxylation sites is 1. The largest absolute Gasteiger partial charge is 0.308 e. The second-order valence-electron chi connectivity index (χ2n) is 6.07. The van der Waals surface area contributed by atoms with Crippen LogP contribution in [0.4, 0.5) is 5.69 Å². The van der Waals surface area contributed by atoms with E-state index in [1.807, 2.05) is 23.1 Å². The van der Waals surface area contributed by atoms with Gasteiger partial charge in [0.25, 0.3) is 0 Å². The molecule has 1 aliphatic rings. The highest BCUT2D eigenvalue weighted by molar-refractivity contribution is 5.99. The van der Waals surface area contributed by atoms with E-state index in [2.05, 4.69) is 31.2 Å². The van der Waals surface area contributed by atoms with Gasteiger partial charge in [0.1, 0.15) is 0 Å². The molecule has 0 saturated heterocycles. The molecular weight excluding hydrogens is 284 g/mol. The van der Waals surface area contributed by atoms with Crippen LogP contribution in [0.3, 0.4) is 0 Å². The van der Waals surface area contributed by atoms with E-state index in [1.165, 1.54) is 22.3 Å². The van der Waals surface area contributed by atoms with Gasteiger partial charge in [0.15, 0.2) is 0 Å². The molecular formula is C20H20N2O. The fraction of sp³-hybridized carbons (Fsp3) is 0.300. The Balaban J connectivity index is 2.08. The molecule has 0 fully saturated rings. The summed E-state index contributed by atoms with van der Waals surface area (Å²) in [6.45, 7) is 4.36. The Morgan fingerprint density at radius 1 is 1.26 bits per heavy atom. The quantitative estimate of drug-likeness (QED) is 0.790. The average molecular weight is 304 g/mol. The van der Waals surface area contributed by atoms with Gasteiger partial charge in [-0.25, -0.2) is 0 Å². The third-order valence-corrected chi connectivity index (χ3v) is 4.47. The summed E-state index contributed by atoms with van der Waals surface area (Å²) < 4.78 is 0. The fourth-order valence-electron chi connectivity index (χ4n) is 3.32. The molecule has 0 N–H and O–H groups in total. The van der Waals surface area contributed by atoms with Crippen LogP contribution in [-0.4, -0.2) is 5.91 Å². The van der Waals surface area contributed by atoms with E-state index in [9.17, 15) is 4.79 Å². The first-order valence-electron chi connectivity index (χ1n) is 7.98. The summed E-state index contributed by atoms with van der Waals surface area (Å²) in [7, 11) is 0. The van der Waals surface area contributed by atoms with Crippen LogP contribution in [0.25, 0.3) is 11.1 Å². The Morgan fingerprint density at radius 3 is 2.78 bits per heavy atom. The molecule has 0 saturated carbocycles. The summed E-state index contributed by atoms with van der Waals surface area (Å²) in [6.07, 6.45) is 2.39. The van der Waals surface area contributed by atoms with Crippen molar-refractivity contribution in [2.75, 3.05) is 4.90 Å². The van der Waals surface area contributed by atoms with Crippen molar-refractivity contribution in [2.24, 2.45) is 0 Å². The molecule has 116 valence electrons. The first-order valence-corrected chi connectivity index (χ1v) is 7.98. The molecule has 1 amide bonds. The zero-order valence-corrected chi connectivity index (χ0v) is 13.6. The number of nitriles is 1. The summed E-state index contributed by atoms with van der Waals surface area (Å²) in [4.78, 5) is 13.9. The Kier molecular flexibility index (Phi) is 4.16. The number of benzene rings is 2. The predicted octanol–water partition coefficient (Wildman–Crippen LogP) is 4.37. The van der Waals surface area contributed by atoms with Gasteiger partial charge in [-0.05, 0) is 48.1 Å². The summed E-state index contributed by atoms with van der Waals surface area (Å²) >= 11 is 0. The van der Waals surface area contributed by atoms with Crippen LogP contribution in [0, 0.1) is 18.3 Å². The number of carbonyl (C=O) groups is 1. The minimum atomic E-state index is 0.0700. The Hall–Kier alpha value is -2.60. The van der Waals surface area contributed by atoms with Gasteiger partial charge in [-0.3, -0.25) is 4.79 Å². The number of unbranched alkanes of at least 4 members (excludes halogenated alkanes) is 1. The number of amides is 1. The van der Waals surface area contributed by atoms with Crippen molar-refractivity contribution < 1.29 is 4.79 Å². The molecule has 0 unspecified atom stereocenters. The molecule has 2 aromatic carbocycles. The van der Waals surface area contributed by atoms with Crippen molar-refractivity contribution in [3.8, 4) is 17.2 Å². The predicted molar refractivity (Wildman–Crippen MR) is 92.0 cm³/mol. The number of aryl methyl sites for hydroxylation is 2. The molecule has 1 heterocycles. The highest BCUT2D eigenvalue weighted by Crippen LogP contribution is 2.40. The highest BCUT2D eigenvalue weighted by Gasteiger charge is 2.25. The molecule has 3 rings (SSSR count). The fourth-order valence-corrected chi connectivity index (χ4v) is 3.32. The molecule has 0 aromatic heterocycles. The van der Waals surface area contributed by atoms with Crippen LogP contribution < -0.4 is 4.90 Å². The molecule has 1 aliphatic heterocycles. The number of anilines is 1. The van der Waals surface area contributed by atoms with Crippen LogP contribution in [0.5, 0.6) is 0 Å². The van der Waals surface area contributed by atoms with E-state index in [1.54, 1.807) is 6.92 Å². The number of rotatable bonds is 3. The van der Waals surface area contributed by atoms with Crippen LogP contribution in [0.15, 0.2) is 36.4 Å². The van der Waals surface area contributed by atoms with Crippen LogP contribution >= 0.6 is 0 Å². The van der Waals surface area contributed by atoms with E-state index in [0.29, 0.717) is 13.0 Å². The molecule has 0 radical (unpaired) electrons. The van der Waals surface area contributed by atoms with Crippen LogP contribution in [0.2, 0.25) is 0 Å². The second kappa shape index (κ2) is 6.26. The summed E-state index contributed by atoms with van der Waals surface area (Å²) in [5, 5.41) is 8.71. The van der Waals surface area contributed by atoms with Gasteiger partial charge in [0.2, 0.25) is 5.91 Å². The van der Waals surface area contributed by atoms with E-state index in [-0.39, 0.29) is 5.91 Å². The van der Waals surface area contributed by atoms with Crippen LogP contribution in [0.1, 0.15) is 36.5 Å². The van der Waals surface area contributed by atoms with Gasteiger partial charge in [-0.1, -0.05) is 30.3 Å². The van der Waals surface area contributed by atoms with Gasteiger partial charge >= 0.3 is 0 Å². The van der Waals surface area contributed by atoms with Gasteiger partial charge in [-0.15, -0.1) is 0 Å². The summed E-state index contributed by atoms with van der Waals surface area (Å²) in [5.41, 5.74) is 7.04. The standard InChI is InChI=1S/C20H20N2O/c1-14-11-16(7-5-6-10-21)12-18-17-8-3-4-9-20(17)22(15(2)23)13-19(14)18/h3-4,8-9,11-12H,5-7,13H2,1-2H3. The number of carbonyl (C=O) groups excluding carboxylic acids is 1. The lowest BCUT2D eigenvalue weighted by molar-refractivity contribution is -0.116. The van der Waals surface area contributed by atoms with Gasteiger partial charge < -0.3 is 4.90 Å². The zero-order valence-electron chi connectivity index (χ0n) is 13.6. The van der Waals surface area contributed by atoms with Crippen molar-refractivity contribution in [1.29, 1.82) is 5.26 Å². The maximum atomic E-state index is 12.0. The van der Waals surface area contributed by atoms with E-state index in [4.69, 9.17) is 5.26 Å². The molecule has 0 bridgehead atoms. The Bertz CT molecular complexity index is 802. The smallest absolute Gasteiger partial charge is 0.224 e. The van der Waals surface area contributed by atoms with Crippen molar-refractivity contribution in [2.45, 2.75) is 39.7 Å². The van der Waals surface area contributed by atoms with E-state index >= 15 is 0 Å². The first-order chi connectivity index (χ1) is 11.1. The Labute approximate surface area is 137 Å². The van der Waals surface area contributed by atoms with Crippen LogP contribution in [-0.2, 0) is 17.8 Å². The molecule has 23 heavy (non-hydrogen) atoms. The molecule has 0 atom stereocenters. The maximum absolute atomic E-state index is 12.0. The number of fused-ring (bicyclic) bond motifs is 3. The molecule has 3 nitrogen and oxygen atoms in total. The third kappa shape index (κ3) is 2.85. The monoisotopic (exact) mass is 304 g/mol. The second-order valence-corrected chi connectivity index (χ2v) is 6.07. The van der Waals surface area contributed by atoms with Gasteiger partial charge in [0.05, 0.1) is 18.3 Å². The van der Waals surface area contributed by atoms with Crippen molar-refractivity contribution in [1.82, 2.24) is 0 Å². The minimum absolute atomic E-state index is 0.0700. The first kappa shape index (κ1) is 15.3. The number of nitrogens with zero attached hydrogens (tertiary/aromatic N) is 2. The molecule has 2 aromatic rings. The lowest BCUT2D eigenvalue weighted by Crippen LogP contribution is -2.31. The topological polar surface area (TPSA) is 44.1 Å². The Morgan fingerprint density at radius 2 is 2.04 bits per heavy atom. The average Bonchev–Trinajstić information content (AvgIpc) is 2.54. The van der Waals surface area contributed by atoms with Crippen molar-refractivity contribution >= 4 is 11.6 Å². The van der Waals surface area contributed by atoms with Gasteiger partial charge in [0, 0.05) is 18.9 Å². The lowest BCUT2D eigenvalue weighted by atomic mass is 9.88. The lowest BCUT2D eigenvalue weighted by Gasteiger charge is -2.32. The van der Waals surface area contributed by atoms with Crippen molar-refractivity contribution in [3.05, 3.63) is 53.1 Å². The highest BCUT2D eigenvalue weighted by atomic mass is 16.2. The molecule has 0 spiro atoms. The molecule has 3 heteroatoms. The maximum Gasteiger partial charge on any atom is 0.224 e. The zero-order chi connectivity index (χ0) is 16.4. The minimum Gasteiger partial charge on any atom is -0.308 e. The molecule has 0 aliphatic carbocycles. The normalized spacial score (nSPS) is 12.3. The van der Waals surface area contributed by atoms with E-state index < -0.39 is 0 Å². The summed E-state index contributed by atoms with van der Waals surface area (Å²) in [6, 6.07) is 14.7. The SMILES string of the molecule is CC(=O)N1Cc2c(C)cc(CCCC#N)cc2-c2ccccc21. The number of hydrogen-bond acceptors (Lipinski definition) is 2. The van der Waals surface area contributed by atoms with E-state index in [0.717, 1.165) is 24.1 Å². The third-order valence-electron chi connectivity index (χ3n) is 4.47. The summed E-state index contributed by atoms with van der Waals surface area (Å²) in [5.74, 6) is 0.0700. The van der Waals surface area contributed by atoms with Crippen molar-refractivity contribution in [3.63, 3.8) is 0 Å². The van der Waals surface area contributed by atoms with Gasteiger partial charge in [-0.2, -0.15) is 5.26 Å². The number of hydrogen-bond donors (Lipinski definition) is 0.